The second-order valence-electron chi connectivity index (χ2n) is 4.46. The molecule has 0 heterocycles. The minimum absolute atomic E-state index is 0.611. The minimum atomic E-state index is -2.09. The molecule has 0 radical (unpaired) electrons. The molecule has 96 valence electrons. The summed E-state index contributed by atoms with van der Waals surface area (Å²) in [5, 5.41) is 0. The molecule has 1 nitrogen and oxygen atoms in total. The van der Waals surface area contributed by atoms with Crippen LogP contribution < -0.4 is 0 Å². The summed E-state index contributed by atoms with van der Waals surface area (Å²) >= 11 is -1.48. The Morgan fingerprint density at radius 3 is 1.25 bits per heavy atom. The van der Waals surface area contributed by atoms with Crippen molar-refractivity contribution in [1.82, 2.24) is 0 Å². The normalized spacial score (nSPS) is 10.7. The van der Waals surface area contributed by atoms with E-state index in [0.29, 0.717) is 16.2 Å². The molecular formula is C12H28AlClOSn. The van der Waals surface area contributed by atoms with Crippen LogP contribution in [-0.2, 0) is 3.80 Å². The molecule has 0 bridgehead atoms. The molecule has 4 heteroatoms. The Morgan fingerprint density at radius 1 is 0.812 bits per heavy atom. The maximum atomic E-state index is 8.28. The van der Waals surface area contributed by atoms with Crippen molar-refractivity contribution in [3.05, 3.63) is 0 Å². The van der Waals surface area contributed by atoms with Crippen LogP contribution in [0.4, 0.5) is 0 Å². The first-order chi connectivity index (χ1) is 7.68. The van der Waals surface area contributed by atoms with Gasteiger partial charge < -0.3 is 0 Å². The summed E-state index contributed by atoms with van der Waals surface area (Å²) in [6.07, 6.45) is 8.12. The van der Waals surface area contributed by atoms with Crippen molar-refractivity contribution in [2.45, 2.75) is 72.6 Å². The van der Waals surface area contributed by atoms with Crippen LogP contribution in [0.15, 0.2) is 0 Å². The van der Waals surface area contributed by atoms with Crippen molar-refractivity contribution in [2.24, 2.45) is 0 Å². The Balaban J connectivity index is 0. The van der Waals surface area contributed by atoms with Gasteiger partial charge in [-0.15, -0.1) is 0 Å². The van der Waals surface area contributed by atoms with Crippen LogP contribution in [0.5, 0.6) is 0 Å². The number of hydrogen-bond acceptors (Lipinski definition) is 1. The molecule has 0 N–H and O–H groups in total. The second kappa shape index (κ2) is 14.5. The molecule has 0 unspecified atom stereocenters. The van der Waals surface area contributed by atoms with Gasteiger partial charge in [0.2, 0.25) is 0 Å². The van der Waals surface area contributed by atoms with E-state index in [-0.39, 0.29) is 0 Å². The van der Waals surface area contributed by atoms with Crippen LogP contribution in [0, 0.1) is 0 Å². The van der Waals surface area contributed by atoms with Crippen molar-refractivity contribution in [1.29, 1.82) is 0 Å². The van der Waals surface area contributed by atoms with E-state index < -0.39 is 17.3 Å². The molecule has 0 atom stereocenters. The molecule has 0 aromatic heterocycles. The molecule has 0 rings (SSSR count). The zero-order chi connectivity index (χ0) is 12.9. The molecule has 0 aromatic carbocycles. The monoisotopic (exact) mass is 370 g/mol. The summed E-state index contributed by atoms with van der Waals surface area (Å²) in [6.45, 7) is 6.84. The summed E-state index contributed by atoms with van der Waals surface area (Å²) < 4.78 is 12.5. The summed E-state index contributed by atoms with van der Waals surface area (Å²) in [4.78, 5) is 0. The molecular weight excluding hydrogens is 341 g/mol. The molecule has 0 aromatic rings. The predicted octanol–water partition coefficient (Wildman–Crippen LogP) is 4.80. The standard InChI is InChI=1S/3C4H9.Al.ClH.O.Sn.H/c3*1-3-4-2;;;;;/h3*1,3-4H2,2H3;;1H;;;/q;;;;;;+1;/p-1. The van der Waals surface area contributed by atoms with Crippen LogP contribution in [-0.4, -0.2) is 33.5 Å². The van der Waals surface area contributed by atoms with E-state index in [1.54, 1.807) is 0 Å². The van der Waals surface area contributed by atoms with Gasteiger partial charge in [-0.2, -0.15) is 0 Å². The van der Waals surface area contributed by atoms with Crippen molar-refractivity contribution in [2.75, 3.05) is 0 Å². The zero-order valence-corrected chi connectivity index (χ0v) is 16.4. The Bertz CT molecular complexity index is 125. The average molecular weight is 370 g/mol. The SMILES string of the molecule is CCC[CH2][Sn]([Cl])([CH2]CCC)[CH2]CCC.[O]=[AlH]. The Kier molecular flexibility index (Phi) is 17.9. The number of halogens is 1. The van der Waals surface area contributed by atoms with E-state index in [9.17, 15) is 0 Å². The zero-order valence-electron chi connectivity index (χ0n) is 11.4. The summed E-state index contributed by atoms with van der Waals surface area (Å²) in [5.74, 6) is 0. The van der Waals surface area contributed by atoms with Gasteiger partial charge in [-0.1, -0.05) is 0 Å². The van der Waals surface area contributed by atoms with E-state index in [0.717, 1.165) is 0 Å². The third-order valence-electron chi connectivity index (χ3n) is 2.94. The fourth-order valence-electron chi connectivity index (χ4n) is 1.86. The molecule has 0 aliphatic rings. The maximum absolute atomic E-state index is 8.28. The summed E-state index contributed by atoms with van der Waals surface area (Å²) in [7, 11) is 6.89. The molecule has 0 spiro atoms. The number of rotatable bonds is 9. The molecule has 0 saturated heterocycles. The van der Waals surface area contributed by atoms with Crippen molar-refractivity contribution in [3.8, 4) is 0 Å². The molecule has 0 saturated carbocycles. The molecule has 0 aliphatic heterocycles. The van der Waals surface area contributed by atoms with E-state index >= 15 is 0 Å². The van der Waals surface area contributed by atoms with Crippen LogP contribution in [0.3, 0.4) is 0 Å². The van der Waals surface area contributed by atoms with Crippen LogP contribution in [0.1, 0.15) is 59.3 Å². The van der Waals surface area contributed by atoms with Crippen LogP contribution in [0.2, 0.25) is 13.3 Å². The summed E-state index contributed by atoms with van der Waals surface area (Å²) in [5.41, 5.74) is 0. The van der Waals surface area contributed by atoms with Gasteiger partial charge in [0, 0.05) is 0 Å². The quantitative estimate of drug-likeness (QED) is 0.533. The fourth-order valence-corrected chi connectivity index (χ4v) is 15.1. The predicted molar refractivity (Wildman–Crippen MR) is 78.6 cm³/mol. The van der Waals surface area contributed by atoms with Crippen LogP contribution in [0.25, 0.3) is 0 Å². The van der Waals surface area contributed by atoms with E-state index in [4.69, 9.17) is 12.7 Å². The topological polar surface area (TPSA) is 17.1 Å². The van der Waals surface area contributed by atoms with Gasteiger partial charge in [0.1, 0.15) is 0 Å². The number of hydrogen-bond donors (Lipinski definition) is 0. The second-order valence-corrected chi connectivity index (χ2v) is 20.7. The molecule has 16 heavy (non-hydrogen) atoms. The Hall–Kier alpha value is 1.42. The van der Waals surface area contributed by atoms with Gasteiger partial charge in [0.05, 0.1) is 0 Å². The fraction of sp³-hybridized carbons (Fsp3) is 1.00. The third-order valence-corrected chi connectivity index (χ3v) is 17.4. The van der Waals surface area contributed by atoms with Gasteiger partial charge in [-0.3, -0.25) is 0 Å². The van der Waals surface area contributed by atoms with E-state index in [2.05, 4.69) is 20.8 Å². The van der Waals surface area contributed by atoms with Gasteiger partial charge in [0.25, 0.3) is 0 Å². The molecule has 0 fully saturated rings. The van der Waals surface area contributed by atoms with Gasteiger partial charge in [0.15, 0.2) is 0 Å². The molecule has 0 aliphatic carbocycles. The van der Waals surface area contributed by atoms with E-state index in [1.807, 2.05) is 0 Å². The number of unbranched alkanes of at least 4 members (excludes halogenated alkanes) is 3. The average Bonchev–Trinajstić information content (AvgIpc) is 2.34. The molecule has 0 amide bonds. The van der Waals surface area contributed by atoms with E-state index in [1.165, 1.54) is 51.8 Å². The first-order valence-corrected chi connectivity index (χ1v) is 16.9. The summed E-state index contributed by atoms with van der Waals surface area (Å²) in [6, 6.07) is 0. The van der Waals surface area contributed by atoms with Gasteiger partial charge in [-0.25, -0.2) is 0 Å². The Morgan fingerprint density at radius 2 is 1.06 bits per heavy atom. The third kappa shape index (κ3) is 11.9. The van der Waals surface area contributed by atoms with Crippen LogP contribution >= 0.6 is 8.92 Å². The van der Waals surface area contributed by atoms with Gasteiger partial charge >= 0.3 is 119 Å². The van der Waals surface area contributed by atoms with Crippen molar-refractivity contribution in [3.63, 3.8) is 0 Å². The van der Waals surface area contributed by atoms with Crippen molar-refractivity contribution < 1.29 is 3.80 Å². The first-order valence-electron chi connectivity index (χ1n) is 6.66. The van der Waals surface area contributed by atoms with Gasteiger partial charge in [-0.05, 0) is 0 Å². The van der Waals surface area contributed by atoms with Crippen molar-refractivity contribution >= 4 is 42.4 Å². The first kappa shape index (κ1) is 19.8. The Labute approximate surface area is 118 Å².